The van der Waals surface area contributed by atoms with Crippen molar-refractivity contribution < 1.29 is 52.4 Å². The van der Waals surface area contributed by atoms with Gasteiger partial charge >= 0.3 is 5.97 Å². The van der Waals surface area contributed by atoms with Crippen LogP contribution in [-0.4, -0.2) is 175 Å². The van der Waals surface area contributed by atoms with Crippen LogP contribution in [0.2, 0.25) is 0 Å². The van der Waals surface area contributed by atoms with E-state index in [-0.39, 0.29) is 92.4 Å². The number of nitrogens with one attached hydrogen (secondary N) is 2. The number of hydrogen-bond donors (Lipinski definition) is 2. The van der Waals surface area contributed by atoms with Crippen LogP contribution in [0.3, 0.4) is 0 Å². The molecule has 0 saturated carbocycles. The smallest absolute Gasteiger partial charge is 0.323 e. The van der Waals surface area contributed by atoms with E-state index in [4.69, 9.17) is 34.8 Å². The molecule has 4 amide bonds. The standard InChI is InChI=1S/C49H81N5O11/c1-14-24-63-25-26-64-27-28-65-32-42(56)52(9)44(34(5)6)47(57)51-43(33(3)4)48(58)53(10)45(35(7)15-2)40(60-11)30-41(55)54-23-19-22-39(54)46(61-12)36(8)31-50-38(49(59)62-13)29-37-20-17-16-18-21-37/h1,16-18,20-21,33-36,38-40,43-46,50H,15,19,22-32H2,2-13H3,(H,51,57)/t35?,36-,38?,39-,40+,43-,44-,45-,46+/m0/s1. The highest BCUT2D eigenvalue weighted by molar-refractivity contribution is 5.92. The number of likely N-dealkylation sites (N-methyl/N-ethyl adjacent to an activating group) is 2. The van der Waals surface area contributed by atoms with Crippen LogP contribution in [0, 0.1) is 36.0 Å². The number of amides is 4. The van der Waals surface area contributed by atoms with Crippen LogP contribution in [0.4, 0.5) is 0 Å². The summed E-state index contributed by atoms with van der Waals surface area (Å²) in [7, 11) is 7.85. The van der Waals surface area contributed by atoms with E-state index in [0.717, 1.165) is 18.4 Å². The Hall–Kier alpha value is -4.11. The van der Waals surface area contributed by atoms with Crippen molar-refractivity contribution in [2.75, 3.05) is 88.2 Å². The number of methoxy groups -OCH3 is 3. The Bertz CT molecular complexity index is 1620. The number of rotatable bonds is 31. The van der Waals surface area contributed by atoms with E-state index < -0.39 is 36.2 Å². The highest BCUT2D eigenvalue weighted by Gasteiger charge is 2.42. The van der Waals surface area contributed by atoms with Crippen molar-refractivity contribution >= 4 is 29.6 Å². The number of carbonyl (C=O) groups is 5. The van der Waals surface area contributed by atoms with E-state index in [1.54, 1.807) is 33.2 Å². The topological polar surface area (TPSA) is 175 Å². The number of benzene rings is 1. The molecule has 1 aromatic rings. The normalized spacial score (nSPS) is 17.6. The lowest BCUT2D eigenvalue weighted by atomic mass is 9.89. The molecule has 16 nitrogen and oxygen atoms in total. The molecule has 1 aliphatic rings. The molecule has 1 aliphatic heterocycles. The molecule has 9 atom stereocenters. The molecule has 0 spiro atoms. The summed E-state index contributed by atoms with van der Waals surface area (Å²) in [5.41, 5.74) is 1.01. The average Bonchev–Trinajstić information content (AvgIpc) is 3.78. The summed E-state index contributed by atoms with van der Waals surface area (Å²) in [4.78, 5) is 73.8. The van der Waals surface area contributed by atoms with Gasteiger partial charge in [0.1, 0.15) is 31.3 Å². The fraction of sp³-hybridized carbons (Fsp3) is 0.735. The third kappa shape index (κ3) is 17.9. The van der Waals surface area contributed by atoms with E-state index in [9.17, 15) is 24.0 Å². The van der Waals surface area contributed by atoms with Crippen molar-refractivity contribution in [3.63, 3.8) is 0 Å². The summed E-state index contributed by atoms with van der Waals surface area (Å²) >= 11 is 0. The van der Waals surface area contributed by atoms with Crippen LogP contribution in [0.1, 0.15) is 79.7 Å². The molecule has 2 rings (SSSR count). The van der Waals surface area contributed by atoms with Crippen molar-refractivity contribution in [1.82, 2.24) is 25.3 Å². The van der Waals surface area contributed by atoms with E-state index in [0.29, 0.717) is 39.1 Å². The molecule has 368 valence electrons. The molecule has 1 aromatic carbocycles. The summed E-state index contributed by atoms with van der Waals surface area (Å²) in [6, 6.07) is 6.69. The van der Waals surface area contributed by atoms with Crippen LogP contribution in [0.5, 0.6) is 0 Å². The molecular formula is C49H81N5O11. The molecule has 65 heavy (non-hydrogen) atoms. The van der Waals surface area contributed by atoms with Crippen molar-refractivity contribution in [3.05, 3.63) is 35.9 Å². The molecule has 2 unspecified atom stereocenters. The highest BCUT2D eigenvalue weighted by Crippen LogP contribution is 2.29. The molecular weight excluding hydrogens is 835 g/mol. The predicted octanol–water partition coefficient (Wildman–Crippen LogP) is 3.59. The average molecular weight is 916 g/mol. The Balaban J connectivity index is 2.18. The third-order valence-corrected chi connectivity index (χ3v) is 12.5. The fourth-order valence-corrected chi connectivity index (χ4v) is 8.69. The second-order valence-electron chi connectivity index (χ2n) is 17.8. The van der Waals surface area contributed by atoms with Gasteiger partial charge in [-0.25, -0.2) is 0 Å². The maximum Gasteiger partial charge on any atom is 0.323 e. The number of carbonyl (C=O) groups excluding carboxylic acids is 5. The molecule has 0 bridgehead atoms. The summed E-state index contributed by atoms with van der Waals surface area (Å²) in [5, 5.41) is 6.37. The SMILES string of the molecule is C#CCOCCOCCOCC(=O)N(C)[C@H](C(=O)N[C@H](C(=O)N(C)[C@@H](C(C)CC)[C@@H](CC(=O)N1CCC[C@H]1[C@H](OC)[C@@H](C)CNC(Cc1ccccc1)C(=O)OC)OC)C(C)C)C(C)C. The monoisotopic (exact) mass is 916 g/mol. The van der Waals surface area contributed by atoms with Gasteiger partial charge in [-0.05, 0) is 48.5 Å². The molecule has 1 heterocycles. The second-order valence-corrected chi connectivity index (χ2v) is 17.8. The Kier molecular flexibility index (Phi) is 26.5. The van der Waals surface area contributed by atoms with Crippen molar-refractivity contribution in [2.24, 2.45) is 23.7 Å². The zero-order valence-corrected chi connectivity index (χ0v) is 41.3. The van der Waals surface area contributed by atoms with Gasteiger partial charge in [0.05, 0.1) is 64.2 Å². The van der Waals surface area contributed by atoms with Crippen molar-refractivity contribution in [2.45, 2.75) is 123 Å². The number of esters is 1. The van der Waals surface area contributed by atoms with Gasteiger partial charge in [-0.2, -0.15) is 0 Å². The van der Waals surface area contributed by atoms with Gasteiger partial charge in [-0.15, -0.1) is 6.42 Å². The first-order chi connectivity index (χ1) is 31.0. The highest BCUT2D eigenvalue weighted by atomic mass is 16.5. The third-order valence-electron chi connectivity index (χ3n) is 12.5. The lowest BCUT2D eigenvalue weighted by Crippen LogP contribution is -2.60. The molecule has 0 aliphatic carbocycles. The summed E-state index contributed by atoms with van der Waals surface area (Å²) in [5.74, 6) is 0.0288. The van der Waals surface area contributed by atoms with Crippen LogP contribution in [-0.2, 0) is 58.8 Å². The Morgan fingerprint density at radius 3 is 2.08 bits per heavy atom. The largest absolute Gasteiger partial charge is 0.468 e. The lowest BCUT2D eigenvalue weighted by Gasteiger charge is -2.41. The van der Waals surface area contributed by atoms with E-state index in [2.05, 4.69) is 23.5 Å². The number of likely N-dealkylation sites (tertiary alicyclic amines) is 1. The molecule has 0 aromatic heterocycles. The second kappa shape index (κ2) is 30.2. The van der Waals surface area contributed by atoms with E-state index >= 15 is 0 Å². The molecule has 2 N–H and O–H groups in total. The number of ether oxygens (including phenoxy) is 6. The van der Waals surface area contributed by atoms with Crippen LogP contribution in [0.15, 0.2) is 30.3 Å². The van der Waals surface area contributed by atoms with Gasteiger partial charge in [-0.1, -0.05) is 91.1 Å². The lowest BCUT2D eigenvalue weighted by molar-refractivity contribution is -0.149. The molecule has 16 heteroatoms. The van der Waals surface area contributed by atoms with Crippen molar-refractivity contribution in [3.8, 4) is 12.3 Å². The van der Waals surface area contributed by atoms with Gasteiger partial charge in [-0.3, -0.25) is 24.0 Å². The van der Waals surface area contributed by atoms with Gasteiger partial charge in [0.2, 0.25) is 23.6 Å². The van der Waals surface area contributed by atoms with Gasteiger partial charge < -0.3 is 53.8 Å². The molecule has 0 radical (unpaired) electrons. The maximum absolute atomic E-state index is 14.6. The maximum atomic E-state index is 14.6. The molecule has 1 saturated heterocycles. The first kappa shape index (κ1) is 57.0. The fourth-order valence-electron chi connectivity index (χ4n) is 8.69. The van der Waals surface area contributed by atoms with Gasteiger partial charge in [0.15, 0.2) is 0 Å². The quantitative estimate of drug-likeness (QED) is 0.0631. The number of hydrogen-bond acceptors (Lipinski definition) is 12. The van der Waals surface area contributed by atoms with Gasteiger partial charge in [0.25, 0.3) is 0 Å². The minimum atomic E-state index is -0.929. The Labute approximate surface area is 389 Å². The van der Waals surface area contributed by atoms with Crippen LogP contribution >= 0.6 is 0 Å². The zero-order valence-electron chi connectivity index (χ0n) is 41.3. The first-order valence-electron chi connectivity index (χ1n) is 23.2. The Morgan fingerprint density at radius 1 is 0.862 bits per heavy atom. The van der Waals surface area contributed by atoms with Crippen LogP contribution in [0.25, 0.3) is 0 Å². The summed E-state index contributed by atoms with van der Waals surface area (Å²) in [6.07, 6.45) is 6.95. The van der Waals surface area contributed by atoms with E-state index in [1.165, 1.54) is 12.0 Å². The summed E-state index contributed by atoms with van der Waals surface area (Å²) < 4.78 is 33.4. The molecule has 1 fully saturated rings. The minimum Gasteiger partial charge on any atom is -0.468 e. The zero-order chi connectivity index (χ0) is 48.6. The van der Waals surface area contributed by atoms with E-state index in [1.807, 2.05) is 76.8 Å². The van der Waals surface area contributed by atoms with Crippen LogP contribution < -0.4 is 10.6 Å². The first-order valence-corrected chi connectivity index (χ1v) is 23.2. The number of nitrogens with zero attached hydrogens (tertiary/aromatic N) is 3. The Morgan fingerprint density at radius 2 is 1.51 bits per heavy atom. The minimum absolute atomic E-state index is 0.0281. The van der Waals surface area contributed by atoms with Crippen molar-refractivity contribution in [1.29, 1.82) is 0 Å². The number of terminal acetylenes is 1. The summed E-state index contributed by atoms with van der Waals surface area (Å²) in [6.45, 7) is 15.6. The predicted molar refractivity (Wildman–Crippen MR) is 250 cm³/mol. The van der Waals surface area contributed by atoms with Gasteiger partial charge in [0, 0.05) is 41.4 Å².